The number of hydrogen-bond donors (Lipinski definition) is 1. The number of benzene rings is 4. The van der Waals surface area contributed by atoms with Crippen molar-refractivity contribution in [1.82, 2.24) is 10.2 Å². The van der Waals surface area contributed by atoms with Crippen LogP contribution in [0, 0.1) is 5.82 Å². The average Bonchev–Trinajstić information content (AvgIpc) is 2.93. The maximum Gasteiger partial charge on any atom is 0.244 e. The van der Waals surface area contributed by atoms with E-state index in [1.807, 2.05) is 62.4 Å². The molecule has 0 aromatic heterocycles. The molecule has 1 N–H and O–H groups in total. The molecule has 0 radical (unpaired) electrons. The number of rotatable bonds is 11. The summed E-state index contributed by atoms with van der Waals surface area (Å²) >= 11 is 0. The monoisotopic (exact) mass is 575 g/mol. The Balaban J connectivity index is 1.79. The summed E-state index contributed by atoms with van der Waals surface area (Å²) in [7, 11) is -3.93. The van der Waals surface area contributed by atoms with Crippen LogP contribution in [0.15, 0.2) is 97.1 Å². The number of carbonyl (C=O) groups is 2. The number of sulfonamides is 1. The number of nitrogens with zero attached hydrogens (tertiary/aromatic N) is 2. The van der Waals surface area contributed by atoms with Gasteiger partial charge in [0.25, 0.3) is 0 Å². The van der Waals surface area contributed by atoms with Crippen molar-refractivity contribution in [3.8, 4) is 0 Å². The molecule has 1 atom stereocenters. The summed E-state index contributed by atoms with van der Waals surface area (Å²) in [5, 5.41) is 4.35. The van der Waals surface area contributed by atoms with Gasteiger partial charge in [-0.2, -0.15) is 0 Å². The zero-order valence-corrected chi connectivity index (χ0v) is 24.1. The molecule has 4 aromatic carbocycles. The number of fused-ring (bicyclic) bond motifs is 1. The Labute approximate surface area is 240 Å². The van der Waals surface area contributed by atoms with Crippen LogP contribution in [0.4, 0.5) is 10.1 Å². The van der Waals surface area contributed by atoms with Crippen molar-refractivity contribution >= 4 is 38.3 Å². The molecule has 1 unspecified atom stereocenters. The first-order valence-electron chi connectivity index (χ1n) is 13.4. The highest BCUT2D eigenvalue weighted by Gasteiger charge is 2.34. The Hall–Kier alpha value is -4.24. The highest BCUT2D eigenvalue weighted by Crippen LogP contribution is 2.29. The summed E-state index contributed by atoms with van der Waals surface area (Å²) in [4.78, 5) is 29.0. The zero-order valence-electron chi connectivity index (χ0n) is 23.3. The third-order valence-corrected chi connectivity index (χ3v) is 7.84. The standard InChI is InChI=1S/C32H34FN3O4S/c1-23(2)34-32(38)30(20-24-12-5-4-6-13-24)35(21-26-15-8-10-18-28(26)33)31(37)22-36(41(3,39)40)29-19-11-16-25-14-7-9-17-27(25)29/h4-19,23,30H,20-22H2,1-3H3,(H,34,38). The Kier molecular flexibility index (Phi) is 9.39. The molecule has 0 spiro atoms. The van der Waals surface area contributed by atoms with E-state index in [-0.39, 0.29) is 24.6 Å². The molecular formula is C32H34FN3O4S. The average molecular weight is 576 g/mol. The van der Waals surface area contributed by atoms with Crippen molar-refractivity contribution in [1.29, 1.82) is 0 Å². The van der Waals surface area contributed by atoms with Crippen LogP contribution in [-0.4, -0.2) is 50.0 Å². The van der Waals surface area contributed by atoms with Gasteiger partial charge in [0.2, 0.25) is 21.8 Å². The maximum absolute atomic E-state index is 14.9. The molecule has 214 valence electrons. The van der Waals surface area contributed by atoms with E-state index >= 15 is 0 Å². The van der Waals surface area contributed by atoms with Gasteiger partial charge in [0, 0.05) is 30.0 Å². The molecule has 4 aromatic rings. The van der Waals surface area contributed by atoms with E-state index in [0.29, 0.717) is 11.1 Å². The van der Waals surface area contributed by atoms with Crippen molar-refractivity contribution in [3.05, 3.63) is 114 Å². The predicted molar refractivity (Wildman–Crippen MR) is 160 cm³/mol. The van der Waals surface area contributed by atoms with E-state index in [2.05, 4.69) is 5.32 Å². The summed E-state index contributed by atoms with van der Waals surface area (Å²) in [5.41, 5.74) is 1.36. The summed E-state index contributed by atoms with van der Waals surface area (Å²) in [6, 6.07) is 26.5. The van der Waals surface area contributed by atoms with Gasteiger partial charge in [-0.15, -0.1) is 0 Å². The van der Waals surface area contributed by atoms with E-state index < -0.39 is 40.2 Å². The minimum atomic E-state index is -3.93. The zero-order chi connectivity index (χ0) is 29.6. The van der Waals surface area contributed by atoms with Crippen molar-refractivity contribution in [2.45, 2.75) is 38.9 Å². The van der Waals surface area contributed by atoms with Crippen LogP contribution < -0.4 is 9.62 Å². The van der Waals surface area contributed by atoms with E-state index in [1.165, 1.54) is 11.0 Å². The number of amides is 2. The molecule has 0 aliphatic heterocycles. The number of nitrogens with one attached hydrogen (secondary N) is 1. The Morgan fingerprint density at radius 2 is 1.49 bits per heavy atom. The van der Waals surface area contributed by atoms with E-state index in [0.717, 1.165) is 21.5 Å². The molecule has 0 bridgehead atoms. The van der Waals surface area contributed by atoms with Crippen LogP contribution in [0.25, 0.3) is 10.8 Å². The van der Waals surface area contributed by atoms with Crippen molar-refractivity contribution < 1.29 is 22.4 Å². The highest BCUT2D eigenvalue weighted by molar-refractivity contribution is 7.92. The molecule has 0 saturated heterocycles. The van der Waals surface area contributed by atoms with Gasteiger partial charge in [-0.1, -0.05) is 84.9 Å². The third-order valence-electron chi connectivity index (χ3n) is 6.72. The van der Waals surface area contributed by atoms with Crippen LogP contribution in [-0.2, 0) is 32.6 Å². The molecule has 2 amide bonds. The van der Waals surface area contributed by atoms with Gasteiger partial charge in [0.15, 0.2) is 0 Å². The minimum Gasteiger partial charge on any atom is -0.352 e. The second-order valence-corrected chi connectivity index (χ2v) is 12.2. The second-order valence-electron chi connectivity index (χ2n) is 10.2. The van der Waals surface area contributed by atoms with Gasteiger partial charge in [-0.3, -0.25) is 13.9 Å². The van der Waals surface area contributed by atoms with E-state index in [4.69, 9.17) is 0 Å². The van der Waals surface area contributed by atoms with Gasteiger partial charge in [0.1, 0.15) is 18.4 Å². The molecular weight excluding hydrogens is 541 g/mol. The summed E-state index contributed by atoms with van der Waals surface area (Å²) in [5.74, 6) is -1.57. The fraction of sp³-hybridized carbons (Fsp3) is 0.250. The van der Waals surface area contributed by atoms with Crippen molar-refractivity contribution in [2.24, 2.45) is 0 Å². The second kappa shape index (κ2) is 13.0. The van der Waals surface area contributed by atoms with Crippen molar-refractivity contribution in [3.63, 3.8) is 0 Å². The lowest BCUT2D eigenvalue weighted by Gasteiger charge is -2.34. The normalized spacial score (nSPS) is 12.2. The lowest BCUT2D eigenvalue weighted by atomic mass is 10.0. The quantitative estimate of drug-likeness (QED) is 0.275. The first-order valence-corrected chi connectivity index (χ1v) is 15.2. The minimum absolute atomic E-state index is 0.159. The molecule has 0 aliphatic carbocycles. The third kappa shape index (κ3) is 7.49. The van der Waals surface area contributed by atoms with E-state index in [9.17, 15) is 22.4 Å². The molecule has 7 nitrogen and oxygen atoms in total. The molecule has 0 fully saturated rings. The Bertz CT molecular complexity index is 1620. The van der Waals surface area contributed by atoms with Crippen LogP contribution in [0.5, 0.6) is 0 Å². The van der Waals surface area contributed by atoms with Crippen LogP contribution in [0.3, 0.4) is 0 Å². The lowest BCUT2D eigenvalue weighted by molar-refractivity contribution is -0.140. The first kappa shape index (κ1) is 29.7. The molecule has 41 heavy (non-hydrogen) atoms. The van der Waals surface area contributed by atoms with Crippen LogP contribution in [0.2, 0.25) is 0 Å². The topological polar surface area (TPSA) is 86.8 Å². The Morgan fingerprint density at radius 3 is 2.17 bits per heavy atom. The number of hydrogen-bond acceptors (Lipinski definition) is 4. The maximum atomic E-state index is 14.9. The van der Waals surface area contributed by atoms with Crippen LogP contribution >= 0.6 is 0 Å². The van der Waals surface area contributed by atoms with Gasteiger partial charge in [-0.25, -0.2) is 12.8 Å². The smallest absolute Gasteiger partial charge is 0.244 e. The highest BCUT2D eigenvalue weighted by atomic mass is 32.2. The van der Waals surface area contributed by atoms with Gasteiger partial charge in [0.05, 0.1) is 11.9 Å². The molecule has 9 heteroatoms. The first-order chi connectivity index (χ1) is 19.5. The van der Waals surface area contributed by atoms with Gasteiger partial charge >= 0.3 is 0 Å². The largest absolute Gasteiger partial charge is 0.352 e. The number of carbonyl (C=O) groups excluding carboxylic acids is 2. The molecule has 0 aliphatic rings. The van der Waals surface area contributed by atoms with Crippen LogP contribution in [0.1, 0.15) is 25.0 Å². The van der Waals surface area contributed by atoms with Gasteiger partial charge < -0.3 is 10.2 Å². The summed E-state index contributed by atoms with van der Waals surface area (Å²) in [6.07, 6.45) is 1.20. The van der Waals surface area contributed by atoms with E-state index in [1.54, 1.807) is 42.5 Å². The lowest BCUT2D eigenvalue weighted by Crippen LogP contribution is -2.54. The SMILES string of the molecule is CC(C)NC(=O)C(Cc1ccccc1)N(Cc1ccccc1F)C(=O)CN(c1cccc2ccccc12)S(C)(=O)=O. The van der Waals surface area contributed by atoms with Gasteiger partial charge in [-0.05, 0) is 36.9 Å². The Morgan fingerprint density at radius 1 is 0.854 bits per heavy atom. The fourth-order valence-electron chi connectivity index (χ4n) is 4.77. The number of anilines is 1. The molecule has 0 saturated carbocycles. The molecule has 4 rings (SSSR count). The molecule has 0 heterocycles. The summed E-state index contributed by atoms with van der Waals surface area (Å²) < 4.78 is 42.1. The number of halogens is 1. The van der Waals surface area contributed by atoms with Crippen molar-refractivity contribution in [2.75, 3.05) is 17.1 Å². The fourth-order valence-corrected chi connectivity index (χ4v) is 5.63. The predicted octanol–water partition coefficient (Wildman–Crippen LogP) is 4.91. The summed E-state index contributed by atoms with van der Waals surface area (Å²) in [6.45, 7) is 2.84.